The van der Waals surface area contributed by atoms with Gasteiger partial charge in [-0.3, -0.25) is 4.79 Å². The summed E-state index contributed by atoms with van der Waals surface area (Å²) < 4.78 is 27.6. The van der Waals surface area contributed by atoms with Gasteiger partial charge in [0.25, 0.3) is 5.91 Å². The zero-order valence-electron chi connectivity index (χ0n) is 11.6. The zero-order chi connectivity index (χ0) is 15.6. The van der Waals surface area contributed by atoms with Gasteiger partial charge in [-0.15, -0.1) is 0 Å². The Labute approximate surface area is 130 Å². The maximum atomic E-state index is 13.9. The molecule has 1 unspecified atom stereocenters. The fourth-order valence-corrected chi connectivity index (χ4v) is 2.28. The van der Waals surface area contributed by atoms with Crippen LogP contribution in [0.5, 0.6) is 0 Å². The standard InChI is InChI=1S/C16H14BrF2NO/c1-9-6-7-11(8-14(9)18)10(2)20-16(21)12-4-3-5-13(17)15(12)19/h3-8,10H,1-2H3,(H,20,21). The Balaban J connectivity index is 2.18. The first-order valence-corrected chi connectivity index (χ1v) is 7.20. The average molecular weight is 354 g/mol. The number of rotatable bonds is 3. The Bertz CT molecular complexity index is 688. The van der Waals surface area contributed by atoms with E-state index < -0.39 is 17.8 Å². The van der Waals surface area contributed by atoms with Crippen LogP contribution in [0.25, 0.3) is 0 Å². The van der Waals surface area contributed by atoms with Gasteiger partial charge in [-0.1, -0.05) is 18.2 Å². The molecule has 0 saturated carbocycles. The summed E-state index contributed by atoms with van der Waals surface area (Å²) in [5, 5.41) is 2.66. The van der Waals surface area contributed by atoms with Crippen LogP contribution in [0.1, 0.15) is 34.5 Å². The minimum absolute atomic E-state index is 0.0520. The molecule has 2 rings (SSSR count). The molecule has 21 heavy (non-hydrogen) atoms. The van der Waals surface area contributed by atoms with Gasteiger partial charge in [0.05, 0.1) is 16.1 Å². The number of carbonyl (C=O) groups excluding carboxylic acids is 1. The normalized spacial score (nSPS) is 12.0. The first-order valence-electron chi connectivity index (χ1n) is 6.41. The van der Waals surface area contributed by atoms with Crippen molar-refractivity contribution in [3.05, 3.63) is 69.2 Å². The van der Waals surface area contributed by atoms with Crippen LogP contribution in [-0.4, -0.2) is 5.91 Å². The molecule has 0 bridgehead atoms. The van der Waals surface area contributed by atoms with Crippen molar-refractivity contribution in [3.63, 3.8) is 0 Å². The van der Waals surface area contributed by atoms with Gasteiger partial charge in [0, 0.05) is 0 Å². The van der Waals surface area contributed by atoms with Crippen LogP contribution in [0, 0.1) is 18.6 Å². The molecule has 2 aromatic rings. The molecule has 1 atom stereocenters. The summed E-state index contributed by atoms with van der Waals surface area (Å²) in [7, 11) is 0. The van der Waals surface area contributed by atoms with Crippen molar-refractivity contribution in [3.8, 4) is 0 Å². The van der Waals surface area contributed by atoms with Gasteiger partial charge in [-0.25, -0.2) is 8.78 Å². The second-order valence-corrected chi connectivity index (χ2v) is 5.66. The van der Waals surface area contributed by atoms with Crippen molar-refractivity contribution < 1.29 is 13.6 Å². The van der Waals surface area contributed by atoms with Crippen LogP contribution in [0.4, 0.5) is 8.78 Å². The molecule has 0 heterocycles. The summed E-state index contributed by atoms with van der Waals surface area (Å²) >= 11 is 3.04. The molecule has 1 N–H and O–H groups in total. The topological polar surface area (TPSA) is 29.1 Å². The van der Waals surface area contributed by atoms with E-state index in [1.807, 2.05) is 0 Å². The largest absolute Gasteiger partial charge is 0.345 e. The molecule has 1 amide bonds. The predicted molar refractivity (Wildman–Crippen MR) is 81.1 cm³/mol. The van der Waals surface area contributed by atoms with Crippen LogP contribution in [0.15, 0.2) is 40.9 Å². The fraction of sp³-hybridized carbons (Fsp3) is 0.188. The van der Waals surface area contributed by atoms with Crippen molar-refractivity contribution in [1.82, 2.24) is 5.32 Å². The van der Waals surface area contributed by atoms with Crippen LogP contribution in [0.3, 0.4) is 0 Å². The molecular formula is C16H14BrF2NO. The molecule has 0 aliphatic carbocycles. The van der Waals surface area contributed by atoms with E-state index in [0.29, 0.717) is 11.1 Å². The lowest BCUT2D eigenvalue weighted by Gasteiger charge is -2.15. The second-order valence-electron chi connectivity index (χ2n) is 4.81. The van der Waals surface area contributed by atoms with E-state index in [1.54, 1.807) is 32.0 Å². The van der Waals surface area contributed by atoms with E-state index in [1.165, 1.54) is 18.2 Å². The molecule has 0 aliphatic heterocycles. The summed E-state index contributed by atoms with van der Waals surface area (Å²) in [6.45, 7) is 3.39. The van der Waals surface area contributed by atoms with E-state index in [0.717, 1.165) is 0 Å². The van der Waals surface area contributed by atoms with Gasteiger partial charge in [0.2, 0.25) is 0 Å². The van der Waals surface area contributed by atoms with Gasteiger partial charge in [-0.2, -0.15) is 0 Å². The Morgan fingerprint density at radius 3 is 2.62 bits per heavy atom. The van der Waals surface area contributed by atoms with Gasteiger partial charge in [0.15, 0.2) is 0 Å². The highest BCUT2D eigenvalue weighted by molar-refractivity contribution is 9.10. The number of amides is 1. The fourth-order valence-electron chi connectivity index (χ4n) is 1.92. The van der Waals surface area contributed by atoms with Crippen molar-refractivity contribution in [2.75, 3.05) is 0 Å². The van der Waals surface area contributed by atoms with Crippen LogP contribution in [0.2, 0.25) is 0 Å². The summed E-state index contributed by atoms with van der Waals surface area (Å²) in [5.41, 5.74) is 1.11. The molecule has 0 aromatic heterocycles. The quantitative estimate of drug-likeness (QED) is 0.862. The summed E-state index contributed by atoms with van der Waals surface area (Å²) in [6.07, 6.45) is 0. The molecule has 5 heteroatoms. The first-order chi connectivity index (χ1) is 9.90. The highest BCUT2D eigenvalue weighted by atomic mass is 79.9. The van der Waals surface area contributed by atoms with Gasteiger partial charge in [-0.05, 0) is 59.1 Å². The van der Waals surface area contributed by atoms with E-state index in [9.17, 15) is 13.6 Å². The number of hydrogen-bond acceptors (Lipinski definition) is 1. The van der Waals surface area contributed by atoms with Crippen molar-refractivity contribution in [2.24, 2.45) is 0 Å². The van der Waals surface area contributed by atoms with Gasteiger partial charge >= 0.3 is 0 Å². The van der Waals surface area contributed by atoms with Gasteiger partial charge < -0.3 is 5.32 Å². The number of halogens is 3. The Morgan fingerprint density at radius 2 is 1.95 bits per heavy atom. The zero-order valence-corrected chi connectivity index (χ0v) is 13.2. The molecule has 2 nitrogen and oxygen atoms in total. The molecular weight excluding hydrogens is 340 g/mol. The lowest BCUT2D eigenvalue weighted by Crippen LogP contribution is -2.27. The Kier molecular flexibility index (Phi) is 4.73. The van der Waals surface area contributed by atoms with Gasteiger partial charge in [0.1, 0.15) is 11.6 Å². The minimum Gasteiger partial charge on any atom is -0.345 e. The third kappa shape index (κ3) is 3.47. The predicted octanol–water partition coefficient (Wildman–Crippen LogP) is 4.53. The van der Waals surface area contributed by atoms with Crippen LogP contribution < -0.4 is 5.32 Å². The summed E-state index contributed by atoms with van der Waals surface area (Å²) in [4.78, 5) is 12.1. The number of hydrogen-bond donors (Lipinski definition) is 1. The average Bonchev–Trinajstić information content (AvgIpc) is 2.44. The molecule has 0 aliphatic rings. The molecule has 110 valence electrons. The third-order valence-corrected chi connectivity index (χ3v) is 3.85. The van der Waals surface area contributed by atoms with E-state index in [2.05, 4.69) is 21.2 Å². The highest BCUT2D eigenvalue weighted by Crippen LogP contribution is 2.20. The van der Waals surface area contributed by atoms with Crippen molar-refractivity contribution >= 4 is 21.8 Å². The smallest absolute Gasteiger partial charge is 0.254 e. The highest BCUT2D eigenvalue weighted by Gasteiger charge is 2.17. The Hall–Kier alpha value is -1.75. The maximum absolute atomic E-state index is 13.9. The molecule has 0 fully saturated rings. The van der Waals surface area contributed by atoms with Crippen molar-refractivity contribution in [1.29, 1.82) is 0 Å². The van der Waals surface area contributed by atoms with E-state index in [-0.39, 0.29) is 15.9 Å². The Morgan fingerprint density at radius 1 is 1.24 bits per heavy atom. The number of aryl methyl sites for hydroxylation is 1. The van der Waals surface area contributed by atoms with Crippen LogP contribution in [-0.2, 0) is 0 Å². The summed E-state index contributed by atoms with van der Waals surface area (Å²) in [6, 6.07) is 8.83. The minimum atomic E-state index is -0.614. The first kappa shape index (κ1) is 15.6. The SMILES string of the molecule is Cc1ccc(C(C)NC(=O)c2cccc(Br)c2F)cc1F. The monoisotopic (exact) mass is 353 g/mol. The lowest BCUT2D eigenvalue weighted by molar-refractivity contribution is 0.0935. The number of nitrogens with one attached hydrogen (secondary N) is 1. The third-order valence-electron chi connectivity index (χ3n) is 3.24. The second kappa shape index (κ2) is 6.35. The van der Waals surface area contributed by atoms with E-state index >= 15 is 0 Å². The molecule has 0 saturated heterocycles. The number of carbonyl (C=O) groups is 1. The molecule has 0 spiro atoms. The molecule has 2 aromatic carbocycles. The molecule has 0 radical (unpaired) electrons. The summed E-state index contributed by atoms with van der Waals surface area (Å²) in [5.74, 6) is -1.48. The van der Waals surface area contributed by atoms with E-state index in [4.69, 9.17) is 0 Å². The van der Waals surface area contributed by atoms with Crippen molar-refractivity contribution in [2.45, 2.75) is 19.9 Å². The maximum Gasteiger partial charge on any atom is 0.254 e. The van der Waals surface area contributed by atoms with Crippen LogP contribution >= 0.6 is 15.9 Å². The number of benzene rings is 2. The lowest BCUT2D eigenvalue weighted by atomic mass is 10.1.